The van der Waals surface area contributed by atoms with Gasteiger partial charge < -0.3 is 15.8 Å². The molecule has 1 aliphatic rings. The molecule has 0 unspecified atom stereocenters. The minimum atomic E-state index is -0.467. The number of anilines is 2. The second-order valence-electron chi connectivity index (χ2n) is 8.09. The number of aromatic nitrogens is 3. The Kier molecular flexibility index (Phi) is 6.04. The van der Waals surface area contributed by atoms with Crippen LogP contribution in [-0.4, -0.2) is 34.1 Å². The highest BCUT2D eigenvalue weighted by molar-refractivity contribution is 7.10. The fraction of sp³-hybridized carbons (Fsp3) is 0.200. The van der Waals surface area contributed by atoms with E-state index in [2.05, 4.69) is 15.3 Å². The van der Waals surface area contributed by atoms with Gasteiger partial charge in [-0.1, -0.05) is 12.1 Å². The average Bonchev–Trinajstić information content (AvgIpc) is 3.38. The number of nitrogens with one attached hydrogen (secondary N) is 1. The van der Waals surface area contributed by atoms with Gasteiger partial charge in [0.15, 0.2) is 0 Å². The van der Waals surface area contributed by atoms with Crippen LogP contribution in [0.25, 0.3) is 11.4 Å². The van der Waals surface area contributed by atoms with Crippen LogP contribution in [-0.2, 0) is 10.2 Å². The van der Waals surface area contributed by atoms with Crippen LogP contribution in [0.1, 0.15) is 33.8 Å². The number of carbonyl (C=O) groups is 1. The van der Waals surface area contributed by atoms with Gasteiger partial charge in [0.2, 0.25) is 0 Å². The maximum Gasteiger partial charge on any atom is 0.255 e. The van der Waals surface area contributed by atoms with Gasteiger partial charge in [-0.15, -0.1) is 11.3 Å². The number of nitrogens with two attached hydrogens (primary N) is 1. The van der Waals surface area contributed by atoms with Gasteiger partial charge in [0, 0.05) is 36.6 Å². The summed E-state index contributed by atoms with van der Waals surface area (Å²) in [6.45, 7) is 1.25. The molecule has 2 aromatic carbocycles. The minimum Gasteiger partial charge on any atom is -0.397 e. The predicted molar refractivity (Wildman–Crippen MR) is 129 cm³/mol. The van der Waals surface area contributed by atoms with Crippen LogP contribution in [0.3, 0.4) is 0 Å². The average molecular weight is 476 g/mol. The maximum atomic E-state index is 13.5. The van der Waals surface area contributed by atoms with E-state index in [4.69, 9.17) is 15.5 Å². The molecule has 1 aliphatic heterocycles. The molecule has 0 spiro atoms. The predicted octanol–water partition coefficient (Wildman–Crippen LogP) is 4.67. The molecule has 34 heavy (non-hydrogen) atoms. The van der Waals surface area contributed by atoms with E-state index in [0.29, 0.717) is 24.5 Å². The van der Waals surface area contributed by atoms with Crippen molar-refractivity contribution in [1.82, 2.24) is 15.0 Å². The van der Waals surface area contributed by atoms with Crippen molar-refractivity contribution in [3.05, 3.63) is 88.4 Å². The van der Waals surface area contributed by atoms with E-state index in [1.54, 1.807) is 42.1 Å². The number of benzene rings is 2. The van der Waals surface area contributed by atoms with E-state index in [-0.39, 0.29) is 17.0 Å². The Hall–Kier alpha value is -3.69. The standard InChI is InChI=1S/C25H22FN5O2S/c26-18-5-6-19(27)20(13-18)30-23(32)16-1-3-17(4-2-16)25(7-11-33-12-8-25)24-31-22(15-34-24)21-14-28-9-10-29-21/h1-6,9-10,13-15H,7-8,11-12,27H2,(H,30,32). The third-order valence-electron chi connectivity index (χ3n) is 6.05. The van der Waals surface area contributed by atoms with E-state index in [0.717, 1.165) is 34.8 Å². The highest BCUT2D eigenvalue weighted by Crippen LogP contribution is 2.43. The Morgan fingerprint density at radius 3 is 2.62 bits per heavy atom. The number of nitrogens with zero attached hydrogens (tertiary/aromatic N) is 3. The molecule has 3 heterocycles. The van der Waals surface area contributed by atoms with Crippen molar-refractivity contribution in [3.8, 4) is 11.4 Å². The van der Waals surface area contributed by atoms with Gasteiger partial charge in [-0.2, -0.15) is 0 Å². The summed E-state index contributed by atoms with van der Waals surface area (Å²) in [6.07, 6.45) is 6.56. The number of amides is 1. The maximum absolute atomic E-state index is 13.5. The molecule has 4 aromatic rings. The fourth-order valence-corrected chi connectivity index (χ4v) is 5.26. The molecule has 1 amide bonds. The molecule has 172 valence electrons. The summed E-state index contributed by atoms with van der Waals surface area (Å²) in [6, 6.07) is 11.3. The van der Waals surface area contributed by atoms with Crippen molar-refractivity contribution in [2.45, 2.75) is 18.3 Å². The van der Waals surface area contributed by atoms with Crippen molar-refractivity contribution < 1.29 is 13.9 Å². The topological polar surface area (TPSA) is 103 Å². The highest BCUT2D eigenvalue weighted by atomic mass is 32.1. The molecule has 1 saturated heterocycles. The van der Waals surface area contributed by atoms with E-state index < -0.39 is 5.82 Å². The number of thiazole rings is 1. The molecule has 1 fully saturated rings. The summed E-state index contributed by atoms with van der Waals surface area (Å²) in [7, 11) is 0. The Bertz CT molecular complexity index is 1300. The van der Waals surface area contributed by atoms with Gasteiger partial charge in [0.05, 0.1) is 23.0 Å². The monoisotopic (exact) mass is 475 g/mol. The lowest BCUT2D eigenvalue weighted by atomic mass is 9.74. The van der Waals surface area contributed by atoms with Gasteiger partial charge in [-0.3, -0.25) is 14.8 Å². The van der Waals surface area contributed by atoms with Gasteiger partial charge in [-0.25, -0.2) is 9.37 Å². The molecule has 7 nitrogen and oxygen atoms in total. The van der Waals surface area contributed by atoms with Crippen LogP contribution in [0.2, 0.25) is 0 Å². The van der Waals surface area contributed by atoms with Crippen molar-refractivity contribution in [3.63, 3.8) is 0 Å². The first-order chi connectivity index (χ1) is 16.5. The number of ether oxygens (including phenoxy) is 1. The number of carbonyl (C=O) groups excluding carboxylic acids is 1. The number of rotatable bonds is 5. The van der Waals surface area contributed by atoms with Gasteiger partial charge in [0.1, 0.15) is 22.2 Å². The van der Waals surface area contributed by atoms with Crippen molar-refractivity contribution in [1.29, 1.82) is 0 Å². The molecule has 0 radical (unpaired) electrons. The van der Waals surface area contributed by atoms with Crippen LogP contribution in [0, 0.1) is 5.82 Å². The lowest BCUT2D eigenvalue weighted by Gasteiger charge is -2.36. The Morgan fingerprint density at radius 2 is 1.88 bits per heavy atom. The van der Waals surface area contributed by atoms with Crippen LogP contribution >= 0.6 is 11.3 Å². The number of hydrogen-bond acceptors (Lipinski definition) is 7. The van der Waals surface area contributed by atoms with E-state index >= 15 is 0 Å². The van der Waals surface area contributed by atoms with E-state index in [1.165, 1.54) is 18.2 Å². The molecule has 0 aliphatic carbocycles. The van der Waals surface area contributed by atoms with Crippen molar-refractivity contribution in [2.24, 2.45) is 0 Å². The van der Waals surface area contributed by atoms with E-state index in [1.807, 2.05) is 17.5 Å². The third kappa shape index (κ3) is 4.27. The largest absolute Gasteiger partial charge is 0.397 e. The van der Waals surface area contributed by atoms with Crippen molar-refractivity contribution in [2.75, 3.05) is 24.3 Å². The molecule has 0 atom stereocenters. The lowest BCUT2D eigenvalue weighted by Crippen LogP contribution is -2.35. The second-order valence-corrected chi connectivity index (χ2v) is 8.94. The number of halogens is 1. The van der Waals surface area contributed by atoms with Gasteiger partial charge in [0.25, 0.3) is 5.91 Å². The molecule has 2 aromatic heterocycles. The first-order valence-electron chi connectivity index (χ1n) is 10.8. The van der Waals surface area contributed by atoms with Crippen LogP contribution in [0.5, 0.6) is 0 Å². The smallest absolute Gasteiger partial charge is 0.255 e. The Morgan fingerprint density at radius 1 is 1.09 bits per heavy atom. The van der Waals surface area contributed by atoms with Crippen LogP contribution in [0.15, 0.2) is 66.4 Å². The number of nitrogen functional groups attached to an aromatic ring is 1. The zero-order valence-corrected chi connectivity index (χ0v) is 19.0. The molecule has 3 N–H and O–H groups in total. The summed E-state index contributed by atoms with van der Waals surface area (Å²) >= 11 is 1.60. The van der Waals surface area contributed by atoms with Crippen LogP contribution < -0.4 is 11.1 Å². The zero-order valence-electron chi connectivity index (χ0n) is 18.2. The van der Waals surface area contributed by atoms with E-state index in [9.17, 15) is 9.18 Å². The Balaban J connectivity index is 1.43. The van der Waals surface area contributed by atoms with Crippen molar-refractivity contribution >= 4 is 28.6 Å². The normalized spacial score (nSPS) is 15.1. The summed E-state index contributed by atoms with van der Waals surface area (Å²) in [5.41, 5.74) is 9.13. The molecule has 0 saturated carbocycles. The first kappa shape index (κ1) is 22.1. The molecule has 0 bridgehead atoms. The van der Waals surface area contributed by atoms with Crippen LogP contribution in [0.4, 0.5) is 15.8 Å². The summed E-state index contributed by atoms with van der Waals surface area (Å²) in [4.78, 5) is 26.2. The first-order valence-corrected chi connectivity index (χ1v) is 11.7. The fourth-order valence-electron chi connectivity index (χ4n) is 4.16. The molecule has 9 heteroatoms. The lowest BCUT2D eigenvalue weighted by molar-refractivity contribution is 0.0630. The number of hydrogen-bond donors (Lipinski definition) is 2. The molecule has 5 rings (SSSR count). The minimum absolute atomic E-state index is 0.245. The Labute approximate surface area is 199 Å². The highest BCUT2D eigenvalue weighted by Gasteiger charge is 2.39. The quantitative estimate of drug-likeness (QED) is 0.407. The van der Waals surface area contributed by atoms with Gasteiger partial charge in [-0.05, 0) is 48.7 Å². The summed E-state index contributed by atoms with van der Waals surface area (Å²) < 4.78 is 19.2. The molecular formula is C25H22FN5O2S. The summed E-state index contributed by atoms with van der Waals surface area (Å²) in [5, 5.41) is 5.67. The third-order valence-corrected chi connectivity index (χ3v) is 7.10. The second kappa shape index (κ2) is 9.28. The molecular weight excluding hydrogens is 453 g/mol. The van der Waals surface area contributed by atoms with Gasteiger partial charge >= 0.3 is 0 Å². The zero-order chi connectivity index (χ0) is 23.5. The summed E-state index contributed by atoms with van der Waals surface area (Å²) in [5.74, 6) is -0.824. The SMILES string of the molecule is Nc1ccc(F)cc1NC(=O)c1ccc(C2(c3nc(-c4cnccn4)cs3)CCOCC2)cc1.